The first-order chi connectivity index (χ1) is 34.2. The van der Waals surface area contributed by atoms with Crippen LogP contribution < -0.4 is 31.8 Å². The fourth-order valence-corrected chi connectivity index (χ4v) is 12.3. The fourth-order valence-electron chi connectivity index (χ4n) is 7.15. The van der Waals surface area contributed by atoms with Crippen molar-refractivity contribution in [2.45, 2.75) is 0 Å². The Hall–Kier alpha value is -6.34. The van der Waals surface area contributed by atoms with Crippen molar-refractivity contribution in [3.8, 4) is 34.0 Å². The first-order valence-electron chi connectivity index (χ1n) is 22.1. The van der Waals surface area contributed by atoms with Crippen LogP contribution in [0.2, 0.25) is 0 Å². The molecule has 8 aromatic carbocycles. The molecule has 10 aromatic rings. The smallest absolute Gasteiger partial charge is 0.418 e. The maximum Gasteiger partial charge on any atom is 1.00 e. The van der Waals surface area contributed by atoms with Gasteiger partial charge in [-0.2, -0.15) is 0 Å². The number of aromatic nitrogens is 4. The number of nitrogens with zero attached hydrogens (tertiary/aromatic N) is 4. The first-order valence-corrected chi connectivity index (χ1v) is 26.1. The molecule has 0 amide bonds. The second kappa shape index (κ2) is 30.4. The number of benzene rings is 8. The average molecular weight is 1070 g/mol. The van der Waals surface area contributed by atoms with Crippen LogP contribution in [0.15, 0.2) is 267 Å². The summed E-state index contributed by atoms with van der Waals surface area (Å²) in [4.78, 5) is 9.07. The Kier molecular flexibility index (Phi) is 23.8. The Labute approximate surface area is 436 Å². The molecule has 4 nitrogen and oxygen atoms in total. The number of rotatable bonds is 9. The molecule has 0 spiro atoms. The van der Waals surface area contributed by atoms with Gasteiger partial charge in [-0.05, 0) is 84.9 Å². The summed E-state index contributed by atoms with van der Waals surface area (Å²) in [6.45, 7) is 0. The maximum absolute atomic E-state index is 9.75. The van der Waals surface area contributed by atoms with Crippen LogP contribution in [0, 0.1) is 0 Å². The van der Waals surface area contributed by atoms with E-state index < -0.39 is 23.1 Å². The van der Waals surface area contributed by atoms with Crippen molar-refractivity contribution in [1.82, 2.24) is 20.2 Å². The molecule has 71 heavy (non-hydrogen) atoms. The van der Waals surface area contributed by atoms with Gasteiger partial charge in [0.05, 0.1) is 21.2 Å². The zero-order chi connectivity index (χ0) is 49.2. The van der Waals surface area contributed by atoms with E-state index in [1.807, 2.05) is 78.9 Å². The molecule has 0 N–H and O–H groups in total. The standard InChI is InChI=1S/C20H14N4.2C18H15P.CH2Cl2.BF4.Cu/c1-3-9-15(10-4-1)18-19(16-11-5-2-6-12-16)23-24-20(22-18)17-13-7-8-14-21-17;2*1-4-10-16(11-5-1)19(17-12-6-2-7-13-17)18-14-8-3-9-15-18;2-1-3;2-1(3,4)5;/h1-14H;2*1-15H;1H2;;/q;;;;-1;+1/p+2. The molecule has 14 heteroatoms. The fraction of sp³-hybridized carbons (Fsp3) is 0.0175. The van der Waals surface area contributed by atoms with Crippen LogP contribution in [-0.4, -0.2) is 32.8 Å². The molecule has 0 aliphatic rings. The van der Waals surface area contributed by atoms with Gasteiger partial charge in [0.15, 0.2) is 0 Å². The summed E-state index contributed by atoms with van der Waals surface area (Å²) in [5.41, 5.74) is 4.27. The molecule has 0 aliphatic carbocycles. The van der Waals surface area contributed by atoms with Gasteiger partial charge >= 0.3 is 24.3 Å². The predicted octanol–water partition coefficient (Wildman–Crippen LogP) is 13.3. The zero-order valence-electron chi connectivity index (χ0n) is 38.0. The normalized spacial score (nSPS) is 10.3. The van der Waals surface area contributed by atoms with Gasteiger partial charge in [0.1, 0.15) is 48.9 Å². The maximum atomic E-state index is 9.75. The van der Waals surface area contributed by atoms with Gasteiger partial charge in [-0.3, -0.25) is 4.98 Å². The van der Waals surface area contributed by atoms with Gasteiger partial charge in [0.25, 0.3) is 0 Å². The summed E-state index contributed by atoms with van der Waals surface area (Å²) in [6.07, 6.45) is 1.73. The summed E-state index contributed by atoms with van der Waals surface area (Å²) in [5, 5.41) is 17.5. The monoisotopic (exact) mass is 1070 g/mol. The van der Waals surface area contributed by atoms with Crippen molar-refractivity contribution < 1.29 is 34.3 Å². The van der Waals surface area contributed by atoms with E-state index in [0.29, 0.717) is 11.5 Å². The molecule has 0 atom stereocenters. The number of hydrogen-bond donors (Lipinski definition) is 0. The summed E-state index contributed by atoms with van der Waals surface area (Å²) in [7, 11) is -7.75. The third-order valence-electron chi connectivity index (χ3n) is 10.0. The van der Waals surface area contributed by atoms with E-state index in [9.17, 15) is 17.3 Å². The molecule has 360 valence electrons. The molecule has 0 radical (unpaired) electrons. The van der Waals surface area contributed by atoms with E-state index in [1.165, 1.54) is 31.8 Å². The number of pyridine rings is 1. The minimum Gasteiger partial charge on any atom is -0.418 e. The van der Waals surface area contributed by atoms with Gasteiger partial charge in [-0.1, -0.05) is 176 Å². The predicted molar refractivity (Wildman–Crippen MR) is 294 cm³/mol. The van der Waals surface area contributed by atoms with Crippen molar-refractivity contribution >= 4 is 78.1 Å². The van der Waals surface area contributed by atoms with E-state index in [-0.39, 0.29) is 22.4 Å². The van der Waals surface area contributed by atoms with Crippen LogP contribution in [0.25, 0.3) is 34.0 Å². The molecule has 0 bridgehead atoms. The number of halogens is 6. The minimum absolute atomic E-state index is 0. The third-order valence-corrected chi connectivity index (χ3v) is 15.5. The van der Waals surface area contributed by atoms with Gasteiger partial charge in [0.2, 0.25) is 5.82 Å². The quantitative estimate of drug-likeness (QED) is 0.0626. The minimum atomic E-state index is -6.00. The summed E-state index contributed by atoms with van der Waals surface area (Å²) >= 11 is 9.53. The summed E-state index contributed by atoms with van der Waals surface area (Å²) in [5.74, 6) is 0.522. The summed E-state index contributed by atoms with van der Waals surface area (Å²) in [6, 6.07) is 90.7. The van der Waals surface area contributed by atoms with Gasteiger partial charge in [-0.25, -0.2) is 4.98 Å². The largest absolute Gasteiger partial charge is 1.00 e. The van der Waals surface area contributed by atoms with Gasteiger partial charge in [0, 0.05) is 17.3 Å². The number of hydrogen-bond acceptors (Lipinski definition) is 4. The molecule has 2 aromatic heterocycles. The molecule has 0 saturated carbocycles. The Morgan fingerprint density at radius 1 is 0.352 bits per heavy atom. The topological polar surface area (TPSA) is 51.6 Å². The third kappa shape index (κ3) is 18.4. The van der Waals surface area contributed by atoms with Crippen LogP contribution in [0.3, 0.4) is 0 Å². The SMILES string of the molecule is ClCCl.F[B-](F)(F)F.[Cu+].c1ccc(-c2nnc(-c3ccccn3)nc2-c2ccccc2)cc1.c1ccc([PH+](c2ccccc2)c2ccccc2)cc1.c1ccc([PH+](c2ccccc2)c2ccccc2)cc1. The molecular formula is C57H48BCl2CuF4N4P2+2. The van der Waals surface area contributed by atoms with Crippen LogP contribution in [-0.2, 0) is 17.1 Å². The van der Waals surface area contributed by atoms with Crippen molar-refractivity contribution in [2.24, 2.45) is 0 Å². The zero-order valence-corrected chi connectivity index (χ0v) is 42.5. The molecule has 0 fully saturated rings. The Bertz CT molecular complexity index is 2660. The van der Waals surface area contributed by atoms with E-state index >= 15 is 0 Å². The molecule has 10 rings (SSSR count). The Morgan fingerprint density at radius 2 is 0.606 bits per heavy atom. The second-order valence-electron chi connectivity index (χ2n) is 14.8. The number of alkyl halides is 2. The molecule has 0 aliphatic heterocycles. The van der Waals surface area contributed by atoms with Crippen LogP contribution in [0.1, 0.15) is 0 Å². The van der Waals surface area contributed by atoms with Crippen molar-refractivity contribution in [3.63, 3.8) is 0 Å². The van der Waals surface area contributed by atoms with Crippen LogP contribution in [0.5, 0.6) is 0 Å². The molecular weight excluding hydrogens is 1020 g/mol. The summed E-state index contributed by atoms with van der Waals surface area (Å²) < 4.78 is 39.0. The first kappa shape index (κ1) is 55.6. The average Bonchev–Trinajstić information content (AvgIpc) is 3.41. The van der Waals surface area contributed by atoms with E-state index in [4.69, 9.17) is 28.2 Å². The van der Waals surface area contributed by atoms with Crippen molar-refractivity contribution in [2.75, 3.05) is 5.34 Å². The molecule has 0 saturated heterocycles. The molecule has 0 unspecified atom stereocenters. The Morgan fingerprint density at radius 3 is 0.873 bits per heavy atom. The van der Waals surface area contributed by atoms with E-state index in [1.54, 1.807) is 6.20 Å². The van der Waals surface area contributed by atoms with E-state index in [2.05, 4.69) is 197 Å². The van der Waals surface area contributed by atoms with Crippen molar-refractivity contribution in [1.29, 1.82) is 0 Å². The van der Waals surface area contributed by atoms with Gasteiger partial charge in [-0.15, -0.1) is 33.4 Å². The van der Waals surface area contributed by atoms with Crippen LogP contribution >= 0.6 is 39.0 Å². The second-order valence-corrected chi connectivity index (χ2v) is 20.6. The molecule has 2 heterocycles. The van der Waals surface area contributed by atoms with E-state index in [0.717, 1.165) is 22.5 Å². The Balaban J connectivity index is 0.000000184. The van der Waals surface area contributed by atoms with Crippen molar-refractivity contribution in [3.05, 3.63) is 267 Å². The van der Waals surface area contributed by atoms with Gasteiger partial charge < -0.3 is 17.3 Å². The van der Waals surface area contributed by atoms with Crippen LogP contribution in [0.4, 0.5) is 17.3 Å².